The van der Waals surface area contributed by atoms with Crippen LogP contribution >= 0.6 is 0 Å². The Morgan fingerprint density at radius 3 is 2.88 bits per heavy atom. The van der Waals surface area contributed by atoms with Crippen molar-refractivity contribution in [2.24, 2.45) is 5.73 Å². The van der Waals surface area contributed by atoms with Crippen LogP contribution in [0, 0.1) is 18.3 Å². The Hall–Kier alpha value is -1.95. The Labute approximate surface area is 148 Å². The molecule has 1 aliphatic heterocycles. The second kappa shape index (κ2) is 8.43. The van der Waals surface area contributed by atoms with Crippen LogP contribution < -0.4 is 11.1 Å². The number of carbonyl (C=O) groups excluding carboxylic acids is 1. The van der Waals surface area contributed by atoms with E-state index in [0.717, 1.165) is 12.8 Å². The molecule has 0 aliphatic carbocycles. The predicted molar refractivity (Wildman–Crippen MR) is 94.1 cm³/mol. The van der Waals surface area contributed by atoms with Crippen molar-refractivity contribution in [1.29, 1.82) is 5.26 Å². The quantitative estimate of drug-likeness (QED) is 0.777. The lowest BCUT2D eigenvalue weighted by Gasteiger charge is -2.35. The van der Waals surface area contributed by atoms with E-state index >= 15 is 0 Å². The van der Waals surface area contributed by atoms with Gasteiger partial charge in [0.05, 0.1) is 16.5 Å². The molecule has 1 fully saturated rings. The van der Waals surface area contributed by atoms with Crippen LogP contribution in [0.2, 0.25) is 0 Å². The van der Waals surface area contributed by atoms with E-state index in [2.05, 4.69) is 5.32 Å². The molecule has 1 aromatic carbocycles. The molecule has 1 heterocycles. The number of aryl methyl sites for hydroxylation is 1. The maximum Gasteiger partial charge on any atom is 0.243 e. The molecule has 1 amide bonds. The maximum atomic E-state index is 13.1. The van der Waals surface area contributed by atoms with E-state index in [0.29, 0.717) is 24.1 Å². The molecule has 0 spiro atoms. The fourth-order valence-electron chi connectivity index (χ4n) is 3.02. The Morgan fingerprint density at radius 1 is 1.44 bits per heavy atom. The number of nitriles is 1. The van der Waals surface area contributed by atoms with E-state index in [-0.39, 0.29) is 36.4 Å². The zero-order valence-electron chi connectivity index (χ0n) is 14.4. The van der Waals surface area contributed by atoms with Gasteiger partial charge in [-0.25, -0.2) is 8.42 Å². The lowest BCUT2D eigenvalue weighted by atomic mass is 10.1. The van der Waals surface area contributed by atoms with Gasteiger partial charge in [-0.2, -0.15) is 9.57 Å². The Balaban J connectivity index is 2.26. The summed E-state index contributed by atoms with van der Waals surface area (Å²) in [6.07, 6.45) is 2.62. The standard InChI is InChI=1S/C17H24N4O3S/c1-13-5-6-14(11-19)10-16(13)25(23,24)21-9-3-2-4-15(21)12-20-17(22)7-8-18/h5-6,10,15H,2-4,7-9,12,18H2,1H3,(H,20,22). The molecule has 0 saturated carbocycles. The normalized spacial score (nSPS) is 18.5. The van der Waals surface area contributed by atoms with Crippen molar-refractivity contribution in [2.75, 3.05) is 19.6 Å². The molecule has 0 bridgehead atoms. The highest BCUT2D eigenvalue weighted by atomic mass is 32.2. The van der Waals surface area contributed by atoms with Crippen LogP contribution in [0.25, 0.3) is 0 Å². The number of sulfonamides is 1. The van der Waals surface area contributed by atoms with Gasteiger partial charge >= 0.3 is 0 Å². The highest BCUT2D eigenvalue weighted by Crippen LogP contribution is 2.27. The van der Waals surface area contributed by atoms with Crippen LogP contribution in [0.5, 0.6) is 0 Å². The highest BCUT2D eigenvalue weighted by molar-refractivity contribution is 7.89. The van der Waals surface area contributed by atoms with Gasteiger partial charge in [-0.15, -0.1) is 0 Å². The van der Waals surface area contributed by atoms with E-state index in [1.807, 2.05) is 6.07 Å². The highest BCUT2D eigenvalue weighted by Gasteiger charge is 2.34. The van der Waals surface area contributed by atoms with Gasteiger partial charge in [0.1, 0.15) is 0 Å². The molecule has 1 unspecified atom stereocenters. The number of nitrogens with one attached hydrogen (secondary N) is 1. The molecule has 7 nitrogen and oxygen atoms in total. The summed E-state index contributed by atoms with van der Waals surface area (Å²) >= 11 is 0. The van der Waals surface area contributed by atoms with Gasteiger partial charge in [0.15, 0.2) is 0 Å². The van der Waals surface area contributed by atoms with E-state index < -0.39 is 10.0 Å². The second-order valence-electron chi connectivity index (χ2n) is 6.20. The number of benzene rings is 1. The van der Waals surface area contributed by atoms with E-state index in [9.17, 15) is 13.2 Å². The lowest BCUT2D eigenvalue weighted by Crippen LogP contribution is -2.49. The summed E-state index contributed by atoms with van der Waals surface area (Å²) in [6, 6.07) is 6.37. The number of hydrogen-bond acceptors (Lipinski definition) is 5. The molecule has 0 aromatic heterocycles. The molecule has 0 radical (unpaired) electrons. The van der Waals surface area contributed by atoms with Crippen LogP contribution in [-0.4, -0.2) is 44.3 Å². The SMILES string of the molecule is Cc1ccc(C#N)cc1S(=O)(=O)N1CCCCC1CNC(=O)CCN. The molecule has 25 heavy (non-hydrogen) atoms. The topological polar surface area (TPSA) is 116 Å². The smallest absolute Gasteiger partial charge is 0.243 e. The fourth-order valence-corrected chi connectivity index (χ4v) is 4.96. The molecule has 1 saturated heterocycles. The van der Waals surface area contributed by atoms with Gasteiger partial charge in [0.2, 0.25) is 15.9 Å². The van der Waals surface area contributed by atoms with E-state index in [4.69, 9.17) is 11.0 Å². The summed E-state index contributed by atoms with van der Waals surface area (Å²) in [5, 5.41) is 11.8. The van der Waals surface area contributed by atoms with Gasteiger partial charge in [0, 0.05) is 32.1 Å². The molecule has 136 valence electrons. The molecular formula is C17H24N4O3S. The molecule has 8 heteroatoms. The fraction of sp³-hybridized carbons (Fsp3) is 0.529. The number of nitrogens with zero attached hydrogens (tertiary/aromatic N) is 2. The van der Waals surface area contributed by atoms with E-state index in [1.54, 1.807) is 19.1 Å². The molecule has 2 rings (SSSR count). The van der Waals surface area contributed by atoms with Crippen LogP contribution in [-0.2, 0) is 14.8 Å². The van der Waals surface area contributed by atoms with Crippen LogP contribution in [0.3, 0.4) is 0 Å². The predicted octanol–water partition coefficient (Wildman–Crippen LogP) is 0.875. The summed E-state index contributed by atoms with van der Waals surface area (Å²) in [5.74, 6) is -0.173. The number of carbonyl (C=O) groups is 1. The van der Waals surface area contributed by atoms with Crippen molar-refractivity contribution in [2.45, 2.75) is 43.5 Å². The Bertz CT molecular complexity index is 771. The van der Waals surface area contributed by atoms with Gasteiger partial charge < -0.3 is 11.1 Å². The first-order valence-corrected chi connectivity index (χ1v) is 9.83. The monoisotopic (exact) mass is 364 g/mol. The summed E-state index contributed by atoms with van der Waals surface area (Å²) in [4.78, 5) is 11.8. The molecule has 3 N–H and O–H groups in total. The van der Waals surface area contributed by atoms with Crippen molar-refractivity contribution in [3.63, 3.8) is 0 Å². The van der Waals surface area contributed by atoms with Crippen LogP contribution in [0.15, 0.2) is 23.1 Å². The minimum Gasteiger partial charge on any atom is -0.354 e. The first-order chi connectivity index (χ1) is 11.9. The molecule has 1 aromatic rings. The third-order valence-electron chi connectivity index (χ3n) is 4.38. The van der Waals surface area contributed by atoms with Crippen LogP contribution in [0.4, 0.5) is 0 Å². The molecule has 1 atom stereocenters. The van der Waals surface area contributed by atoms with Crippen molar-refractivity contribution < 1.29 is 13.2 Å². The van der Waals surface area contributed by atoms with Crippen molar-refractivity contribution in [3.8, 4) is 6.07 Å². The van der Waals surface area contributed by atoms with E-state index in [1.165, 1.54) is 10.4 Å². The average molecular weight is 364 g/mol. The maximum absolute atomic E-state index is 13.1. The lowest BCUT2D eigenvalue weighted by molar-refractivity contribution is -0.121. The zero-order chi connectivity index (χ0) is 18.4. The molecule has 1 aliphatic rings. The first kappa shape index (κ1) is 19.4. The largest absolute Gasteiger partial charge is 0.354 e. The first-order valence-electron chi connectivity index (χ1n) is 8.39. The van der Waals surface area contributed by atoms with Gasteiger partial charge in [-0.1, -0.05) is 12.5 Å². The summed E-state index contributed by atoms with van der Waals surface area (Å²) in [5.41, 5.74) is 6.28. The minimum absolute atomic E-state index is 0.159. The van der Waals surface area contributed by atoms with Gasteiger partial charge in [0.25, 0.3) is 0 Å². The number of rotatable bonds is 6. The summed E-state index contributed by atoms with van der Waals surface area (Å²) in [6.45, 7) is 2.67. The van der Waals surface area contributed by atoms with Crippen molar-refractivity contribution in [1.82, 2.24) is 9.62 Å². The Morgan fingerprint density at radius 2 is 2.20 bits per heavy atom. The number of hydrogen-bond donors (Lipinski definition) is 2. The minimum atomic E-state index is -3.73. The van der Waals surface area contributed by atoms with Gasteiger partial charge in [-0.3, -0.25) is 4.79 Å². The van der Waals surface area contributed by atoms with Gasteiger partial charge in [-0.05, 0) is 37.5 Å². The second-order valence-corrected chi connectivity index (χ2v) is 8.06. The van der Waals surface area contributed by atoms with Crippen LogP contribution in [0.1, 0.15) is 36.8 Å². The summed E-state index contributed by atoms with van der Waals surface area (Å²) in [7, 11) is -3.73. The number of amides is 1. The number of piperidine rings is 1. The summed E-state index contributed by atoms with van der Waals surface area (Å²) < 4.78 is 27.7. The zero-order valence-corrected chi connectivity index (χ0v) is 15.2. The Kier molecular flexibility index (Phi) is 6.53. The molecular weight excluding hydrogens is 340 g/mol. The third kappa shape index (κ3) is 4.57. The number of nitrogens with two attached hydrogens (primary N) is 1. The average Bonchev–Trinajstić information content (AvgIpc) is 2.60. The third-order valence-corrected chi connectivity index (χ3v) is 6.48. The van der Waals surface area contributed by atoms with Crippen molar-refractivity contribution >= 4 is 15.9 Å². The van der Waals surface area contributed by atoms with Crippen molar-refractivity contribution in [3.05, 3.63) is 29.3 Å².